The zero-order valence-corrected chi connectivity index (χ0v) is 19.8. The molecule has 0 saturated heterocycles. The molecule has 0 bridgehead atoms. The number of hydrogen-bond donors (Lipinski definition) is 1. The van der Waals surface area contributed by atoms with Crippen LogP contribution in [0.15, 0.2) is 77.6 Å². The van der Waals surface area contributed by atoms with Gasteiger partial charge in [0.25, 0.3) is 11.5 Å². The number of nitrogens with zero attached hydrogens (tertiary/aromatic N) is 3. The molecule has 0 saturated carbocycles. The van der Waals surface area contributed by atoms with E-state index in [1.807, 2.05) is 79.2 Å². The molecule has 2 aromatic heterocycles. The van der Waals surface area contributed by atoms with Gasteiger partial charge in [-0.3, -0.25) is 9.59 Å². The molecule has 6 rings (SSSR count). The maximum Gasteiger partial charge on any atom is 0.296 e. The van der Waals surface area contributed by atoms with Crippen LogP contribution in [-0.4, -0.2) is 20.3 Å². The van der Waals surface area contributed by atoms with Gasteiger partial charge >= 0.3 is 0 Å². The molecule has 1 unspecified atom stereocenters. The fraction of sp³-hybridized carbons (Fsp3) is 0.207. The van der Waals surface area contributed by atoms with Crippen molar-refractivity contribution in [1.82, 2.24) is 19.7 Å². The van der Waals surface area contributed by atoms with Crippen LogP contribution in [0, 0.1) is 6.92 Å². The number of nitrogens with one attached hydrogen (secondary N) is 1. The zero-order chi connectivity index (χ0) is 24.1. The van der Waals surface area contributed by atoms with E-state index in [1.165, 1.54) is 10.2 Å². The van der Waals surface area contributed by atoms with E-state index >= 15 is 0 Å². The molecule has 6 heteroatoms. The highest BCUT2D eigenvalue weighted by atomic mass is 16.2. The molecule has 6 nitrogen and oxygen atoms in total. The monoisotopic (exact) mass is 462 g/mol. The number of fused-ring (bicyclic) bond motifs is 4. The van der Waals surface area contributed by atoms with Crippen molar-refractivity contribution in [3.63, 3.8) is 0 Å². The Morgan fingerprint density at radius 2 is 1.74 bits per heavy atom. The van der Waals surface area contributed by atoms with Crippen LogP contribution in [0.2, 0.25) is 0 Å². The van der Waals surface area contributed by atoms with Crippen LogP contribution in [0.3, 0.4) is 0 Å². The lowest BCUT2D eigenvalue weighted by atomic mass is 9.87. The van der Waals surface area contributed by atoms with E-state index < -0.39 is 0 Å². The van der Waals surface area contributed by atoms with Gasteiger partial charge in [0.15, 0.2) is 5.69 Å². The highest BCUT2D eigenvalue weighted by molar-refractivity contribution is 6.16. The highest BCUT2D eigenvalue weighted by Crippen LogP contribution is 2.32. The minimum Gasteiger partial charge on any atom is -0.344 e. The summed E-state index contributed by atoms with van der Waals surface area (Å²) in [5, 5.41) is 9.35. The maximum absolute atomic E-state index is 13.8. The Morgan fingerprint density at radius 3 is 2.57 bits per heavy atom. The number of aromatic nitrogens is 3. The Labute approximate surface area is 202 Å². The lowest BCUT2D eigenvalue weighted by molar-refractivity contribution is 0.0928. The van der Waals surface area contributed by atoms with Crippen molar-refractivity contribution in [3.05, 3.63) is 106 Å². The Morgan fingerprint density at radius 1 is 1.00 bits per heavy atom. The number of hydrogen-bond acceptors (Lipinski definition) is 3. The predicted molar refractivity (Wildman–Crippen MR) is 138 cm³/mol. The van der Waals surface area contributed by atoms with E-state index in [4.69, 9.17) is 0 Å². The fourth-order valence-corrected chi connectivity index (χ4v) is 5.33. The molecule has 5 aromatic rings. The molecule has 0 aliphatic heterocycles. The second-order valence-corrected chi connectivity index (χ2v) is 9.32. The molecular formula is C29H26N4O2. The maximum atomic E-state index is 13.8. The molecule has 1 N–H and O–H groups in total. The quantitative estimate of drug-likeness (QED) is 0.411. The summed E-state index contributed by atoms with van der Waals surface area (Å²) in [6, 6.07) is 23.6. The molecule has 2 heterocycles. The van der Waals surface area contributed by atoms with Crippen molar-refractivity contribution in [2.45, 2.75) is 32.2 Å². The number of benzene rings is 3. The first-order valence-corrected chi connectivity index (χ1v) is 12.0. The van der Waals surface area contributed by atoms with E-state index in [-0.39, 0.29) is 23.2 Å². The van der Waals surface area contributed by atoms with Crippen molar-refractivity contribution < 1.29 is 4.79 Å². The molecule has 3 aromatic carbocycles. The molecule has 0 spiro atoms. The van der Waals surface area contributed by atoms with Gasteiger partial charge in [-0.15, -0.1) is 0 Å². The number of carbonyl (C=O) groups is 1. The third-order valence-corrected chi connectivity index (χ3v) is 7.11. The average molecular weight is 463 g/mol. The molecular weight excluding hydrogens is 436 g/mol. The van der Waals surface area contributed by atoms with Crippen molar-refractivity contribution in [2.24, 2.45) is 7.05 Å². The number of para-hydroxylation sites is 1. The SMILES string of the molecule is Cc1ccc(-n2nc(C(=O)NC3CCCc4ccccc43)c3c4ccccc4n(C)c3c2=O)cc1. The summed E-state index contributed by atoms with van der Waals surface area (Å²) in [6.45, 7) is 1.99. The van der Waals surface area contributed by atoms with Crippen LogP contribution in [0.4, 0.5) is 0 Å². The number of amides is 1. The van der Waals surface area contributed by atoms with Crippen LogP contribution >= 0.6 is 0 Å². The molecule has 1 aliphatic carbocycles. The lowest BCUT2D eigenvalue weighted by Gasteiger charge is -2.26. The van der Waals surface area contributed by atoms with Gasteiger partial charge in [-0.25, -0.2) is 0 Å². The van der Waals surface area contributed by atoms with Crippen molar-refractivity contribution >= 4 is 27.7 Å². The molecule has 0 radical (unpaired) electrons. The van der Waals surface area contributed by atoms with E-state index in [0.717, 1.165) is 41.3 Å². The summed E-state index contributed by atoms with van der Waals surface area (Å²) in [6.07, 6.45) is 2.91. The van der Waals surface area contributed by atoms with Gasteiger partial charge < -0.3 is 9.88 Å². The number of carbonyl (C=O) groups excluding carboxylic acids is 1. The first-order chi connectivity index (χ1) is 17.0. The highest BCUT2D eigenvalue weighted by Gasteiger charge is 2.27. The average Bonchev–Trinajstić information content (AvgIpc) is 3.18. The molecule has 0 fully saturated rings. The Bertz CT molecular complexity index is 1660. The fourth-order valence-electron chi connectivity index (χ4n) is 5.33. The summed E-state index contributed by atoms with van der Waals surface area (Å²) in [7, 11) is 1.87. The van der Waals surface area contributed by atoms with Gasteiger partial charge in [0.1, 0.15) is 5.52 Å². The second-order valence-electron chi connectivity index (χ2n) is 9.32. The van der Waals surface area contributed by atoms with E-state index in [9.17, 15) is 9.59 Å². The third-order valence-electron chi connectivity index (χ3n) is 7.11. The smallest absolute Gasteiger partial charge is 0.296 e. The van der Waals surface area contributed by atoms with E-state index in [2.05, 4.69) is 22.5 Å². The van der Waals surface area contributed by atoms with Crippen LogP contribution < -0.4 is 10.9 Å². The van der Waals surface area contributed by atoms with E-state index in [0.29, 0.717) is 16.6 Å². The van der Waals surface area contributed by atoms with E-state index in [1.54, 1.807) is 0 Å². The van der Waals surface area contributed by atoms with Crippen molar-refractivity contribution in [1.29, 1.82) is 0 Å². The Hall–Kier alpha value is -4.19. The molecule has 1 amide bonds. The summed E-state index contributed by atoms with van der Waals surface area (Å²) < 4.78 is 3.22. The number of aryl methyl sites for hydroxylation is 3. The van der Waals surface area contributed by atoms with Gasteiger partial charge in [-0.05, 0) is 55.5 Å². The van der Waals surface area contributed by atoms with Gasteiger partial charge in [0, 0.05) is 23.3 Å². The summed E-state index contributed by atoms with van der Waals surface area (Å²) in [4.78, 5) is 27.5. The summed E-state index contributed by atoms with van der Waals surface area (Å²) in [5.74, 6) is -0.270. The van der Waals surface area contributed by atoms with Crippen LogP contribution in [-0.2, 0) is 13.5 Å². The number of rotatable bonds is 3. The van der Waals surface area contributed by atoms with Gasteiger partial charge in [-0.1, -0.05) is 60.2 Å². The molecule has 1 atom stereocenters. The molecule has 174 valence electrons. The lowest BCUT2D eigenvalue weighted by Crippen LogP contribution is -2.34. The van der Waals surface area contributed by atoms with Crippen molar-refractivity contribution in [3.8, 4) is 5.69 Å². The minimum atomic E-state index is -0.270. The Balaban J connectivity index is 1.56. The topological polar surface area (TPSA) is 68.9 Å². The third kappa shape index (κ3) is 3.44. The van der Waals surface area contributed by atoms with Crippen LogP contribution in [0.25, 0.3) is 27.5 Å². The predicted octanol–water partition coefficient (Wildman–Crippen LogP) is 4.99. The standard InChI is InChI=1S/C29H26N4O2/c1-18-14-16-20(17-15-18)33-29(35)27-25(22-11-5-6-13-24(22)32(27)2)26(31-33)28(34)30-23-12-7-9-19-8-3-4-10-21(19)23/h3-6,8,10-11,13-17,23H,7,9,12H2,1-2H3,(H,30,34). The van der Waals surface area contributed by atoms with Crippen molar-refractivity contribution in [2.75, 3.05) is 0 Å². The summed E-state index contributed by atoms with van der Waals surface area (Å²) in [5.41, 5.74) is 5.52. The van der Waals surface area contributed by atoms with Gasteiger partial charge in [0.2, 0.25) is 0 Å². The first kappa shape index (κ1) is 21.4. The molecule has 35 heavy (non-hydrogen) atoms. The Kier molecular flexibility index (Phi) is 5.02. The normalized spacial score (nSPS) is 15.3. The zero-order valence-electron chi connectivity index (χ0n) is 19.8. The van der Waals surface area contributed by atoms with Gasteiger partial charge in [0.05, 0.1) is 11.7 Å². The van der Waals surface area contributed by atoms with Crippen LogP contribution in [0.1, 0.15) is 46.1 Å². The second kappa shape index (κ2) is 8.24. The largest absolute Gasteiger partial charge is 0.344 e. The minimum absolute atomic E-state index is 0.0842. The summed E-state index contributed by atoms with van der Waals surface area (Å²) >= 11 is 0. The molecule has 1 aliphatic rings. The van der Waals surface area contributed by atoms with Gasteiger partial charge in [-0.2, -0.15) is 9.78 Å². The van der Waals surface area contributed by atoms with Crippen LogP contribution in [0.5, 0.6) is 0 Å². The first-order valence-electron chi connectivity index (χ1n) is 12.0.